The van der Waals surface area contributed by atoms with Crippen LogP contribution in [0.15, 0.2) is 41.3 Å². The van der Waals surface area contributed by atoms with E-state index in [1.807, 2.05) is 12.1 Å². The van der Waals surface area contributed by atoms with Gasteiger partial charge >= 0.3 is 0 Å². The van der Waals surface area contributed by atoms with Gasteiger partial charge in [-0.15, -0.1) is 0 Å². The smallest absolute Gasteiger partial charge is 0.264 e. The molecule has 1 N–H and O–H groups in total. The summed E-state index contributed by atoms with van der Waals surface area (Å²) in [6.45, 7) is 0.264. The van der Waals surface area contributed by atoms with Crippen LogP contribution in [0.3, 0.4) is 0 Å². The molecule has 1 aliphatic carbocycles. The van der Waals surface area contributed by atoms with E-state index in [2.05, 4.69) is 0 Å². The largest absolute Gasteiger partial charge is 0.497 e. The number of nitrogens with zero attached hydrogens (tertiary/aromatic N) is 1. The maximum atomic E-state index is 13.3. The molecule has 0 bridgehead atoms. The zero-order valence-electron chi connectivity index (χ0n) is 14.8. The number of ether oxygens (including phenoxy) is 1. The number of sulfonamides is 1. The number of hydrogen-bond acceptors (Lipinski definition) is 4. The highest BCUT2D eigenvalue weighted by Crippen LogP contribution is 2.39. The van der Waals surface area contributed by atoms with Gasteiger partial charge in [-0.3, -0.25) is 4.31 Å². The first-order chi connectivity index (χ1) is 12.5. The molecule has 0 aromatic heterocycles. The molecule has 0 saturated carbocycles. The molecular formula is C20H23NO4S. The van der Waals surface area contributed by atoms with Gasteiger partial charge in [0, 0.05) is 12.1 Å². The number of aryl methyl sites for hydroxylation is 2. The molecule has 0 spiro atoms. The van der Waals surface area contributed by atoms with Gasteiger partial charge in [0.25, 0.3) is 10.0 Å². The number of anilines is 1. The lowest BCUT2D eigenvalue weighted by molar-refractivity contribution is 0.166. The van der Waals surface area contributed by atoms with Crippen LogP contribution in [-0.4, -0.2) is 27.2 Å². The van der Waals surface area contributed by atoms with Gasteiger partial charge < -0.3 is 9.84 Å². The average molecular weight is 373 g/mol. The Kier molecular flexibility index (Phi) is 4.40. The SMILES string of the molecule is COc1ccc2c(c1)C(O)CCN2S(=O)(=O)c1ccc2c(c1)CCCC2. The van der Waals surface area contributed by atoms with Crippen LogP contribution in [0.4, 0.5) is 5.69 Å². The van der Waals surface area contributed by atoms with E-state index in [9.17, 15) is 13.5 Å². The number of rotatable bonds is 3. The van der Waals surface area contributed by atoms with Crippen LogP contribution in [0.2, 0.25) is 0 Å². The molecule has 2 aromatic rings. The van der Waals surface area contributed by atoms with Crippen molar-refractivity contribution in [3.63, 3.8) is 0 Å². The Bertz CT molecular complexity index is 939. The average Bonchev–Trinajstić information content (AvgIpc) is 2.67. The summed E-state index contributed by atoms with van der Waals surface area (Å²) in [5.74, 6) is 0.607. The monoisotopic (exact) mass is 373 g/mol. The van der Waals surface area contributed by atoms with Gasteiger partial charge in [-0.25, -0.2) is 8.42 Å². The molecule has 138 valence electrons. The van der Waals surface area contributed by atoms with Gasteiger partial charge in [0.2, 0.25) is 0 Å². The van der Waals surface area contributed by atoms with E-state index < -0.39 is 16.1 Å². The predicted octanol–water partition coefficient (Wildman–Crippen LogP) is 3.21. The fourth-order valence-corrected chi connectivity index (χ4v) is 5.47. The highest BCUT2D eigenvalue weighted by Gasteiger charge is 2.33. The molecule has 6 heteroatoms. The molecule has 1 aliphatic heterocycles. The first-order valence-electron chi connectivity index (χ1n) is 9.01. The summed E-state index contributed by atoms with van der Waals surface area (Å²) in [5, 5.41) is 10.3. The predicted molar refractivity (Wildman–Crippen MR) is 100 cm³/mol. The Hall–Kier alpha value is -2.05. The third-order valence-electron chi connectivity index (χ3n) is 5.38. The Morgan fingerprint density at radius 1 is 1.08 bits per heavy atom. The summed E-state index contributed by atoms with van der Waals surface area (Å²) in [7, 11) is -2.12. The van der Waals surface area contributed by atoms with Gasteiger partial charge in [-0.1, -0.05) is 6.07 Å². The fourth-order valence-electron chi connectivity index (χ4n) is 3.92. The summed E-state index contributed by atoms with van der Waals surface area (Å²) >= 11 is 0. The molecule has 5 nitrogen and oxygen atoms in total. The molecule has 0 amide bonds. The van der Waals surface area contributed by atoms with E-state index in [-0.39, 0.29) is 6.54 Å². The third-order valence-corrected chi connectivity index (χ3v) is 7.19. The van der Waals surface area contributed by atoms with E-state index in [0.717, 1.165) is 31.2 Å². The van der Waals surface area contributed by atoms with Crippen molar-refractivity contribution in [2.75, 3.05) is 18.0 Å². The highest BCUT2D eigenvalue weighted by atomic mass is 32.2. The van der Waals surface area contributed by atoms with Crippen LogP contribution in [0.25, 0.3) is 0 Å². The molecule has 2 aromatic carbocycles. The Balaban J connectivity index is 1.76. The normalized spacial score (nSPS) is 19.6. The molecule has 26 heavy (non-hydrogen) atoms. The van der Waals surface area contributed by atoms with Crippen molar-refractivity contribution in [2.45, 2.75) is 43.1 Å². The van der Waals surface area contributed by atoms with Gasteiger partial charge in [0.15, 0.2) is 0 Å². The second-order valence-electron chi connectivity index (χ2n) is 6.94. The van der Waals surface area contributed by atoms with E-state index in [4.69, 9.17) is 4.74 Å². The van der Waals surface area contributed by atoms with Crippen molar-refractivity contribution >= 4 is 15.7 Å². The first kappa shape index (κ1) is 17.4. The van der Waals surface area contributed by atoms with E-state index in [1.165, 1.54) is 9.87 Å². The van der Waals surface area contributed by atoms with Crippen LogP contribution >= 0.6 is 0 Å². The van der Waals surface area contributed by atoms with Gasteiger partial charge in [0.05, 0.1) is 23.8 Å². The Morgan fingerprint density at radius 3 is 2.62 bits per heavy atom. The zero-order valence-corrected chi connectivity index (χ0v) is 15.6. The van der Waals surface area contributed by atoms with E-state index in [0.29, 0.717) is 28.3 Å². The van der Waals surface area contributed by atoms with Gasteiger partial charge in [-0.05, 0) is 73.6 Å². The number of fused-ring (bicyclic) bond motifs is 2. The lowest BCUT2D eigenvalue weighted by atomic mass is 9.92. The summed E-state index contributed by atoms with van der Waals surface area (Å²) < 4.78 is 33.3. The molecular weight excluding hydrogens is 350 g/mol. The summed E-state index contributed by atoms with van der Waals surface area (Å²) in [4.78, 5) is 0.330. The quantitative estimate of drug-likeness (QED) is 0.897. The molecule has 1 heterocycles. The first-order valence-corrected chi connectivity index (χ1v) is 10.5. The maximum Gasteiger partial charge on any atom is 0.264 e. The maximum absolute atomic E-state index is 13.3. The lowest BCUT2D eigenvalue weighted by Gasteiger charge is -2.33. The van der Waals surface area contributed by atoms with Crippen LogP contribution in [0.1, 0.15) is 42.1 Å². The standard InChI is InChI=1S/C20H23NO4S/c1-25-16-7-9-19-18(13-16)20(22)10-11-21(19)26(23,24)17-8-6-14-4-2-3-5-15(14)12-17/h6-9,12-13,20,22H,2-5,10-11H2,1H3. The minimum absolute atomic E-state index is 0.264. The number of hydrogen-bond donors (Lipinski definition) is 1. The molecule has 0 saturated heterocycles. The number of benzene rings is 2. The van der Waals surface area contributed by atoms with Crippen molar-refractivity contribution in [1.82, 2.24) is 0 Å². The summed E-state index contributed by atoms with van der Waals surface area (Å²) in [6, 6.07) is 10.7. The van der Waals surface area contributed by atoms with Crippen molar-refractivity contribution in [3.8, 4) is 5.75 Å². The Labute approximate surface area is 154 Å². The van der Waals surface area contributed by atoms with E-state index in [1.54, 1.807) is 31.4 Å². The zero-order chi connectivity index (χ0) is 18.3. The molecule has 2 aliphatic rings. The van der Waals surface area contributed by atoms with Crippen LogP contribution in [-0.2, 0) is 22.9 Å². The third kappa shape index (κ3) is 2.87. The molecule has 1 unspecified atom stereocenters. The van der Waals surface area contributed by atoms with Crippen LogP contribution in [0.5, 0.6) is 5.75 Å². The molecule has 0 radical (unpaired) electrons. The molecule has 0 fully saturated rings. The minimum atomic E-state index is -3.67. The van der Waals surface area contributed by atoms with Crippen molar-refractivity contribution in [2.24, 2.45) is 0 Å². The second kappa shape index (κ2) is 6.59. The summed E-state index contributed by atoms with van der Waals surface area (Å²) in [5.41, 5.74) is 3.53. The van der Waals surface area contributed by atoms with Crippen LogP contribution < -0.4 is 9.04 Å². The molecule has 4 rings (SSSR count). The number of methoxy groups -OCH3 is 1. The molecule has 1 atom stereocenters. The fraction of sp³-hybridized carbons (Fsp3) is 0.400. The highest BCUT2D eigenvalue weighted by molar-refractivity contribution is 7.92. The van der Waals surface area contributed by atoms with E-state index >= 15 is 0 Å². The minimum Gasteiger partial charge on any atom is -0.497 e. The summed E-state index contributed by atoms with van der Waals surface area (Å²) in [6.07, 6.45) is 3.91. The number of aliphatic hydroxyl groups excluding tert-OH is 1. The van der Waals surface area contributed by atoms with Crippen molar-refractivity contribution < 1.29 is 18.3 Å². The van der Waals surface area contributed by atoms with Crippen molar-refractivity contribution in [3.05, 3.63) is 53.1 Å². The topological polar surface area (TPSA) is 66.8 Å². The van der Waals surface area contributed by atoms with Crippen molar-refractivity contribution in [1.29, 1.82) is 0 Å². The lowest BCUT2D eigenvalue weighted by Crippen LogP contribution is -2.36. The number of aliphatic hydroxyl groups is 1. The van der Waals surface area contributed by atoms with Gasteiger partial charge in [0.1, 0.15) is 5.75 Å². The van der Waals surface area contributed by atoms with Crippen LogP contribution in [0, 0.1) is 0 Å². The van der Waals surface area contributed by atoms with Gasteiger partial charge in [-0.2, -0.15) is 0 Å². The second-order valence-corrected chi connectivity index (χ2v) is 8.81. The Morgan fingerprint density at radius 2 is 1.85 bits per heavy atom.